The third kappa shape index (κ3) is 4.18. The average Bonchev–Trinajstić information content (AvgIpc) is 2.41. The van der Waals surface area contributed by atoms with Gasteiger partial charge in [-0.3, -0.25) is 4.72 Å². The summed E-state index contributed by atoms with van der Waals surface area (Å²) in [4.78, 5) is 0. The van der Waals surface area contributed by atoms with E-state index in [2.05, 4.69) is 20.7 Å². The maximum atomic E-state index is 13.6. The minimum atomic E-state index is -3.75. The largest absolute Gasteiger partial charge is 0.277 e. The molecule has 0 heterocycles. The molecule has 0 spiro atoms. The molecule has 0 amide bonds. The lowest BCUT2D eigenvalue weighted by Gasteiger charge is -2.05. The fourth-order valence-electron chi connectivity index (χ4n) is 1.49. The maximum Gasteiger partial charge on any atom is 0.255 e. The topological polar surface area (TPSA) is 46.2 Å². The molecule has 0 radical (unpaired) electrons. The van der Waals surface area contributed by atoms with Gasteiger partial charge in [-0.05, 0) is 29.8 Å². The molecule has 2 aromatic rings. The van der Waals surface area contributed by atoms with Crippen LogP contribution in [-0.4, -0.2) is 8.42 Å². The van der Waals surface area contributed by atoms with Crippen molar-refractivity contribution in [1.82, 2.24) is 0 Å². The van der Waals surface area contributed by atoms with Gasteiger partial charge in [-0.15, -0.1) is 0 Å². The number of sulfonamides is 1. The molecule has 0 fully saturated rings. The third-order valence-corrected chi connectivity index (χ3v) is 3.91. The molecule has 3 nitrogen and oxygen atoms in total. The van der Waals surface area contributed by atoms with Gasteiger partial charge in [0.15, 0.2) is 0 Å². The summed E-state index contributed by atoms with van der Waals surface area (Å²) in [5.74, 6) is -0.643. The Morgan fingerprint density at radius 3 is 2.45 bits per heavy atom. The molecule has 2 rings (SSSR count). The Hall–Kier alpha value is -1.66. The Morgan fingerprint density at radius 2 is 1.80 bits per heavy atom. The van der Waals surface area contributed by atoms with Crippen molar-refractivity contribution >= 4 is 37.7 Å². The first kappa shape index (κ1) is 14.7. The summed E-state index contributed by atoms with van der Waals surface area (Å²) in [6.07, 6.45) is 1.44. The molecule has 0 saturated carbocycles. The van der Waals surface area contributed by atoms with Crippen LogP contribution in [0, 0.1) is 5.82 Å². The van der Waals surface area contributed by atoms with Crippen LogP contribution in [-0.2, 0) is 10.0 Å². The van der Waals surface area contributed by atoms with Crippen LogP contribution in [0.5, 0.6) is 0 Å². The second-order valence-corrected chi connectivity index (χ2v) is 6.47. The van der Waals surface area contributed by atoms with E-state index in [0.29, 0.717) is 4.47 Å². The van der Waals surface area contributed by atoms with Crippen LogP contribution in [0.4, 0.5) is 10.1 Å². The molecule has 2 aromatic carbocycles. The van der Waals surface area contributed by atoms with E-state index in [1.807, 2.05) is 6.07 Å². The summed E-state index contributed by atoms with van der Waals surface area (Å²) >= 11 is 3.11. The molecule has 0 aromatic heterocycles. The van der Waals surface area contributed by atoms with Gasteiger partial charge in [-0.2, -0.15) is 0 Å². The number of anilines is 1. The minimum Gasteiger partial charge on any atom is -0.277 e. The molecule has 0 aliphatic carbocycles. The molecule has 20 heavy (non-hydrogen) atoms. The summed E-state index contributed by atoms with van der Waals surface area (Å²) in [5, 5.41) is 1.00. The van der Waals surface area contributed by atoms with Gasteiger partial charge in [0.2, 0.25) is 0 Å². The van der Waals surface area contributed by atoms with Crippen LogP contribution in [0.1, 0.15) is 5.56 Å². The van der Waals surface area contributed by atoms with Crippen molar-refractivity contribution in [1.29, 1.82) is 0 Å². The fraction of sp³-hybridized carbons (Fsp3) is 0. The zero-order valence-electron chi connectivity index (χ0n) is 10.3. The molecule has 0 bridgehead atoms. The lowest BCUT2D eigenvalue weighted by molar-refractivity contribution is 0.606. The van der Waals surface area contributed by atoms with Crippen molar-refractivity contribution in [2.75, 3.05) is 4.72 Å². The molecule has 6 heteroatoms. The molecular weight excluding hydrogens is 345 g/mol. The van der Waals surface area contributed by atoms with Crippen molar-refractivity contribution in [3.8, 4) is 0 Å². The van der Waals surface area contributed by atoms with Gasteiger partial charge in [-0.1, -0.05) is 46.3 Å². The Bertz CT molecular complexity index is 730. The Kier molecular flexibility index (Phi) is 4.57. The first-order chi connectivity index (χ1) is 9.46. The number of hydrogen-bond donors (Lipinski definition) is 1. The quantitative estimate of drug-likeness (QED) is 0.900. The second-order valence-electron chi connectivity index (χ2n) is 3.98. The Labute approximate surface area is 125 Å². The second kappa shape index (κ2) is 6.19. The number of rotatable bonds is 4. The van der Waals surface area contributed by atoms with Gasteiger partial charge in [-0.25, -0.2) is 12.8 Å². The van der Waals surface area contributed by atoms with Crippen LogP contribution in [0.3, 0.4) is 0 Å². The van der Waals surface area contributed by atoms with E-state index in [0.717, 1.165) is 11.0 Å². The lowest BCUT2D eigenvalue weighted by Crippen LogP contribution is -2.10. The smallest absolute Gasteiger partial charge is 0.255 e. The predicted octanol–water partition coefficient (Wildman–Crippen LogP) is 4.00. The van der Waals surface area contributed by atoms with Crippen molar-refractivity contribution in [2.45, 2.75) is 0 Å². The normalized spacial score (nSPS) is 11.7. The van der Waals surface area contributed by atoms with E-state index in [1.165, 1.54) is 18.2 Å². The number of nitrogens with one attached hydrogen (secondary N) is 1. The Morgan fingerprint density at radius 1 is 1.10 bits per heavy atom. The van der Waals surface area contributed by atoms with Crippen molar-refractivity contribution < 1.29 is 12.8 Å². The van der Waals surface area contributed by atoms with E-state index in [1.54, 1.807) is 30.3 Å². The highest BCUT2D eigenvalue weighted by atomic mass is 79.9. The van der Waals surface area contributed by atoms with E-state index >= 15 is 0 Å². The van der Waals surface area contributed by atoms with Crippen molar-refractivity contribution in [3.05, 3.63) is 69.8 Å². The predicted molar refractivity (Wildman–Crippen MR) is 82.1 cm³/mol. The van der Waals surface area contributed by atoms with Gasteiger partial charge in [0, 0.05) is 4.47 Å². The highest BCUT2D eigenvalue weighted by molar-refractivity contribution is 9.10. The zero-order valence-corrected chi connectivity index (χ0v) is 12.7. The summed E-state index contributed by atoms with van der Waals surface area (Å²) in [6, 6.07) is 13.1. The summed E-state index contributed by atoms with van der Waals surface area (Å²) in [6.45, 7) is 0. The summed E-state index contributed by atoms with van der Waals surface area (Å²) in [5.41, 5.74) is 0.653. The van der Waals surface area contributed by atoms with Gasteiger partial charge in [0.05, 0.1) is 11.1 Å². The monoisotopic (exact) mass is 355 g/mol. The zero-order chi connectivity index (χ0) is 14.6. The van der Waals surface area contributed by atoms with Gasteiger partial charge < -0.3 is 0 Å². The first-order valence-electron chi connectivity index (χ1n) is 5.67. The molecule has 0 atom stereocenters. The SMILES string of the molecule is O=S(=O)(/C=C/c1ccccc1)Nc1ccc(Br)cc1F. The van der Waals surface area contributed by atoms with Crippen molar-refractivity contribution in [2.24, 2.45) is 0 Å². The fourth-order valence-corrected chi connectivity index (χ4v) is 2.70. The van der Waals surface area contributed by atoms with Crippen LogP contribution >= 0.6 is 15.9 Å². The molecule has 0 aliphatic heterocycles. The molecule has 0 unspecified atom stereocenters. The molecule has 0 aliphatic rings. The van der Waals surface area contributed by atoms with E-state index < -0.39 is 15.8 Å². The van der Waals surface area contributed by atoms with Gasteiger partial charge >= 0.3 is 0 Å². The molecular formula is C14H11BrFNO2S. The van der Waals surface area contributed by atoms with Crippen LogP contribution in [0.2, 0.25) is 0 Å². The lowest BCUT2D eigenvalue weighted by atomic mass is 10.2. The van der Waals surface area contributed by atoms with E-state index in [-0.39, 0.29) is 5.69 Å². The summed E-state index contributed by atoms with van der Waals surface area (Å²) in [7, 11) is -3.75. The highest BCUT2D eigenvalue weighted by Gasteiger charge is 2.09. The van der Waals surface area contributed by atoms with Crippen LogP contribution in [0.15, 0.2) is 58.4 Å². The third-order valence-electron chi connectivity index (χ3n) is 2.42. The molecule has 0 saturated heterocycles. The molecule has 1 N–H and O–H groups in total. The van der Waals surface area contributed by atoms with Crippen LogP contribution < -0.4 is 4.72 Å². The number of halogens is 2. The Balaban J connectivity index is 2.17. The summed E-state index contributed by atoms with van der Waals surface area (Å²) < 4.78 is 39.9. The van der Waals surface area contributed by atoms with Gasteiger partial charge in [0.1, 0.15) is 5.82 Å². The maximum absolute atomic E-state index is 13.6. The van der Waals surface area contributed by atoms with E-state index in [4.69, 9.17) is 0 Å². The van der Waals surface area contributed by atoms with Crippen LogP contribution in [0.25, 0.3) is 6.08 Å². The first-order valence-corrected chi connectivity index (χ1v) is 8.01. The number of hydrogen-bond acceptors (Lipinski definition) is 2. The average molecular weight is 356 g/mol. The molecule has 104 valence electrons. The minimum absolute atomic E-state index is 0.0917. The van der Waals surface area contributed by atoms with E-state index in [9.17, 15) is 12.8 Å². The van der Waals surface area contributed by atoms with Gasteiger partial charge in [0.25, 0.3) is 10.0 Å². The standard InChI is InChI=1S/C14H11BrFNO2S/c15-12-6-7-14(13(16)10-12)17-20(18,19)9-8-11-4-2-1-3-5-11/h1-10,17H/b9-8+. The highest BCUT2D eigenvalue weighted by Crippen LogP contribution is 2.20. The number of benzene rings is 2. The van der Waals surface area contributed by atoms with Crippen molar-refractivity contribution in [3.63, 3.8) is 0 Å².